The molecule has 0 spiro atoms. The summed E-state index contributed by atoms with van der Waals surface area (Å²) in [6.45, 7) is 3.31. The molecule has 2 aliphatic rings. The van der Waals surface area contributed by atoms with Crippen LogP contribution in [0.2, 0.25) is 0 Å². The average Bonchev–Trinajstić information content (AvgIpc) is 2.97. The summed E-state index contributed by atoms with van der Waals surface area (Å²) in [6, 6.07) is 0. The van der Waals surface area contributed by atoms with Crippen molar-refractivity contribution in [2.45, 2.75) is 51.0 Å². The lowest BCUT2D eigenvalue weighted by molar-refractivity contribution is 0.0992. The number of rotatable bonds is 6. The summed E-state index contributed by atoms with van der Waals surface area (Å²) in [5.41, 5.74) is 0.191. The average molecular weight is 227 g/mol. The summed E-state index contributed by atoms with van der Waals surface area (Å²) in [7, 11) is 0. The smallest absolute Gasteiger partial charge is 0.0588 e. The summed E-state index contributed by atoms with van der Waals surface area (Å²) >= 11 is 0. The Balaban J connectivity index is 1.59. The molecule has 3 heteroatoms. The molecule has 2 fully saturated rings. The number of aliphatic hydroxyl groups is 1. The highest BCUT2D eigenvalue weighted by Crippen LogP contribution is 2.36. The Morgan fingerprint density at radius 3 is 2.69 bits per heavy atom. The van der Waals surface area contributed by atoms with Crippen LogP contribution in [0.25, 0.3) is 0 Å². The van der Waals surface area contributed by atoms with Crippen LogP contribution in [0, 0.1) is 5.41 Å². The third-order valence-corrected chi connectivity index (χ3v) is 4.17. The molecule has 2 rings (SSSR count). The van der Waals surface area contributed by atoms with Gasteiger partial charge >= 0.3 is 0 Å². The molecule has 0 bridgehead atoms. The number of nitrogens with one attached hydrogen (secondary N) is 1. The first kappa shape index (κ1) is 12.3. The summed E-state index contributed by atoms with van der Waals surface area (Å²) in [6.07, 6.45) is 9.02. The second kappa shape index (κ2) is 5.99. The second-order valence-electron chi connectivity index (χ2n) is 5.47. The third-order valence-electron chi connectivity index (χ3n) is 4.17. The van der Waals surface area contributed by atoms with E-state index in [0.717, 1.165) is 26.1 Å². The monoisotopic (exact) mass is 227 g/mol. The van der Waals surface area contributed by atoms with Gasteiger partial charge in [-0.25, -0.2) is 0 Å². The van der Waals surface area contributed by atoms with Crippen molar-refractivity contribution in [3.05, 3.63) is 0 Å². The van der Waals surface area contributed by atoms with E-state index >= 15 is 0 Å². The minimum Gasteiger partial charge on any atom is -0.396 e. The van der Waals surface area contributed by atoms with Crippen molar-refractivity contribution in [1.82, 2.24) is 5.32 Å². The van der Waals surface area contributed by atoms with Crippen LogP contribution in [0.1, 0.15) is 44.9 Å². The standard InChI is InChI=1S/C13H25NO2/c15-11-13(6-1-2-7-13)10-14-8-5-12-4-3-9-16-12/h12,14-15H,1-11H2. The van der Waals surface area contributed by atoms with Crippen LogP contribution >= 0.6 is 0 Å². The molecule has 0 amide bonds. The van der Waals surface area contributed by atoms with Crippen molar-refractivity contribution in [3.8, 4) is 0 Å². The highest BCUT2D eigenvalue weighted by molar-refractivity contribution is 4.86. The molecular weight excluding hydrogens is 202 g/mol. The quantitative estimate of drug-likeness (QED) is 0.679. The van der Waals surface area contributed by atoms with Crippen LogP contribution in [0.3, 0.4) is 0 Å². The van der Waals surface area contributed by atoms with Gasteiger partial charge in [0.25, 0.3) is 0 Å². The van der Waals surface area contributed by atoms with Gasteiger partial charge in [-0.2, -0.15) is 0 Å². The molecule has 2 N–H and O–H groups in total. The van der Waals surface area contributed by atoms with Gasteiger partial charge in [0.05, 0.1) is 6.10 Å². The Labute approximate surface area is 98.6 Å². The summed E-state index contributed by atoms with van der Waals surface area (Å²) in [4.78, 5) is 0. The molecule has 1 aliphatic heterocycles. The lowest BCUT2D eigenvalue weighted by Gasteiger charge is -2.27. The van der Waals surface area contributed by atoms with Crippen LogP contribution in [0.15, 0.2) is 0 Å². The number of aliphatic hydroxyl groups excluding tert-OH is 1. The van der Waals surface area contributed by atoms with Gasteiger partial charge in [0, 0.05) is 25.2 Å². The summed E-state index contributed by atoms with van der Waals surface area (Å²) < 4.78 is 5.59. The van der Waals surface area contributed by atoms with E-state index in [-0.39, 0.29) is 5.41 Å². The Hall–Kier alpha value is -0.120. The van der Waals surface area contributed by atoms with Crippen molar-refractivity contribution in [3.63, 3.8) is 0 Å². The van der Waals surface area contributed by atoms with Gasteiger partial charge in [0.1, 0.15) is 0 Å². The van der Waals surface area contributed by atoms with Crippen LogP contribution in [-0.4, -0.2) is 37.5 Å². The topological polar surface area (TPSA) is 41.5 Å². The van der Waals surface area contributed by atoms with E-state index in [1.165, 1.54) is 38.5 Å². The fourth-order valence-corrected chi connectivity index (χ4v) is 3.00. The maximum atomic E-state index is 9.46. The number of hydrogen-bond acceptors (Lipinski definition) is 3. The minimum atomic E-state index is 0.191. The molecule has 1 saturated heterocycles. The fraction of sp³-hybridized carbons (Fsp3) is 1.00. The third kappa shape index (κ3) is 3.19. The van der Waals surface area contributed by atoms with Crippen LogP contribution in [0.5, 0.6) is 0 Å². The normalized spacial score (nSPS) is 28.7. The van der Waals surface area contributed by atoms with Crippen molar-refractivity contribution < 1.29 is 9.84 Å². The lowest BCUT2D eigenvalue weighted by atomic mass is 9.87. The first-order chi connectivity index (χ1) is 7.85. The Kier molecular flexibility index (Phi) is 4.62. The molecule has 1 saturated carbocycles. The Bertz CT molecular complexity index is 196. The second-order valence-corrected chi connectivity index (χ2v) is 5.47. The molecule has 0 radical (unpaired) electrons. The van der Waals surface area contributed by atoms with Crippen LogP contribution in [-0.2, 0) is 4.74 Å². The van der Waals surface area contributed by atoms with Crippen LogP contribution < -0.4 is 5.32 Å². The van der Waals surface area contributed by atoms with Gasteiger partial charge < -0.3 is 15.2 Å². The minimum absolute atomic E-state index is 0.191. The maximum Gasteiger partial charge on any atom is 0.0588 e. The molecule has 0 aromatic carbocycles. The van der Waals surface area contributed by atoms with E-state index in [0.29, 0.717) is 12.7 Å². The number of hydrogen-bond donors (Lipinski definition) is 2. The summed E-state index contributed by atoms with van der Waals surface area (Å²) in [5.74, 6) is 0. The molecule has 1 atom stereocenters. The van der Waals surface area contributed by atoms with E-state index in [1.807, 2.05) is 0 Å². The Morgan fingerprint density at radius 2 is 2.06 bits per heavy atom. The van der Waals surface area contributed by atoms with E-state index in [4.69, 9.17) is 4.74 Å². The fourth-order valence-electron chi connectivity index (χ4n) is 3.00. The zero-order valence-corrected chi connectivity index (χ0v) is 10.2. The first-order valence-electron chi connectivity index (χ1n) is 6.78. The molecule has 16 heavy (non-hydrogen) atoms. The summed E-state index contributed by atoms with van der Waals surface area (Å²) in [5, 5.41) is 13.0. The molecule has 1 heterocycles. The zero-order chi connectivity index (χ0) is 11.3. The van der Waals surface area contributed by atoms with E-state index < -0.39 is 0 Å². The molecule has 0 aromatic rings. The van der Waals surface area contributed by atoms with Crippen molar-refractivity contribution >= 4 is 0 Å². The van der Waals surface area contributed by atoms with Gasteiger partial charge in [-0.1, -0.05) is 12.8 Å². The van der Waals surface area contributed by atoms with Crippen molar-refractivity contribution in [2.75, 3.05) is 26.3 Å². The molecular formula is C13H25NO2. The molecule has 1 unspecified atom stereocenters. The SMILES string of the molecule is OCC1(CNCCC2CCCO2)CCCC1. The van der Waals surface area contributed by atoms with Gasteiger partial charge in [0.15, 0.2) is 0 Å². The van der Waals surface area contributed by atoms with Gasteiger partial charge in [-0.3, -0.25) is 0 Å². The maximum absolute atomic E-state index is 9.46. The molecule has 3 nitrogen and oxygen atoms in total. The number of ether oxygens (including phenoxy) is 1. The lowest BCUT2D eigenvalue weighted by Crippen LogP contribution is -2.36. The van der Waals surface area contributed by atoms with E-state index in [9.17, 15) is 5.11 Å². The predicted octanol–water partition coefficient (Wildman–Crippen LogP) is 1.70. The predicted molar refractivity (Wildman–Crippen MR) is 64.4 cm³/mol. The van der Waals surface area contributed by atoms with E-state index in [2.05, 4.69) is 5.32 Å². The van der Waals surface area contributed by atoms with Crippen molar-refractivity contribution in [2.24, 2.45) is 5.41 Å². The van der Waals surface area contributed by atoms with Gasteiger partial charge in [0.2, 0.25) is 0 Å². The zero-order valence-electron chi connectivity index (χ0n) is 10.2. The Morgan fingerprint density at radius 1 is 1.25 bits per heavy atom. The molecule has 0 aromatic heterocycles. The highest BCUT2D eigenvalue weighted by Gasteiger charge is 2.32. The van der Waals surface area contributed by atoms with E-state index in [1.54, 1.807) is 0 Å². The van der Waals surface area contributed by atoms with Crippen molar-refractivity contribution in [1.29, 1.82) is 0 Å². The highest BCUT2D eigenvalue weighted by atomic mass is 16.5. The molecule has 94 valence electrons. The largest absolute Gasteiger partial charge is 0.396 e. The molecule has 1 aliphatic carbocycles. The van der Waals surface area contributed by atoms with Gasteiger partial charge in [-0.15, -0.1) is 0 Å². The van der Waals surface area contributed by atoms with Crippen LogP contribution in [0.4, 0.5) is 0 Å². The first-order valence-corrected chi connectivity index (χ1v) is 6.78. The van der Waals surface area contributed by atoms with Gasteiger partial charge in [-0.05, 0) is 38.6 Å².